The predicted octanol–water partition coefficient (Wildman–Crippen LogP) is 1.69. The van der Waals surface area contributed by atoms with Gasteiger partial charge >= 0.3 is 0 Å². The summed E-state index contributed by atoms with van der Waals surface area (Å²) < 4.78 is 36.9. The Morgan fingerprint density at radius 1 is 1.39 bits per heavy atom. The van der Waals surface area contributed by atoms with Gasteiger partial charge in [-0.2, -0.15) is 0 Å². The Morgan fingerprint density at radius 2 is 2.17 bits per heavy atom. The largest absolute Gasteiger partial charge is 0.353 e. The highest BCUT2D eigenvalue weighted by atomic mass is 35.5. The van der Waals surface area contributed by atoms with E-state index in [4.69, 9.17) is 11.6 Å². The fourth-order valence-electron chi connectivity index (χ4n) is 2.99. The highest BCUT2D eigenvalue weighted by Gasteiger charge is 2.42. The van der Waals surface area contributed by atoms with E-state index in [9.17, 15) is 12.8 Å². The van der Waals surface area contributed by atoms with Gasteiger partial charge in [0.15, 0.2) is 15.8 Å². The number of hydrogen-bond donors (Lipinski definition) is 2. The molecule has 3 rings (SSSR count). The molecule has 23 heavy (non-hydrogen) atoms. The van der Waals surface area contributed by atoms with Gasteiger partial charge in [0, 0.05) is 35.6 Å². The summed E-state index contributed by atoms with van der Waals surface area (Å²) in [6, 6.07) is 4.61. The van der Waals surface area contributed by atoms with E-state index < -0.39 is 9.84 Å². The minimum absolute atomic E-state index is 0.00885. The van der Waals surface area contributed by atoms with E-state index in [1.165, 1.54) is 6.07 Å². The van der Waals surface area contributed by atoms with Crippen LogP contribution < -0.4 is 10.6 Å². The van der Waals surface area contributed by atoms with Gasteiger partial charge in [-0.15, -0.1) is 0 Å². The summed E-state index contributed by atoms with van der Waals surface area (Å²) in [4.78, 5) is 4.13. The third-order valence-corrected chi connectivity index (χ3v) is 6.38. The molecule has 1 saturated carbocycles. The number of rotatable bonds is 3. The van der Waals surface area contributed by atoms with E-state index in [-0.39, 0.29) is 35.3 Å². The molecule has 3 atom stereocenters. The molecule has 0 amide bonds. The zero-order chi connectivity index (χ0) is 16.6. The van der Waals surface area contributed by atoms with Gasteiger partial charge in [-0.1, -0.05) is 17.7 Å². The second kappa shape index (κ2) is 6.28. The summed E-state index contributed by atoms with van der Waals surface area (Å²) in [5.41, 5.74) is 0.533. The molecule has 5 nitrogen and oxygen atoms in total. The van der Waals surface area contributed by atoms with E-state index in [1.807, 2.05) is 0 Å². The first-order chi connectivity index (χ1) is 10.9. The van der Waals surface area contributed by atoms with Crippen LogP contribution in [0.3, 0.4) is 0 Å². The summed E-state index contributed by atoms with van der Waals surface area (Å²) in [6.45, 7) is 0. The summed E-state index contributed by atoms with van der Waals surface area (Å²) in [5, 5.41) is 6.78. The molecule has 0 aromatic heterocycles. The first-order valence-electron chi connectivity index (χ1n) is 7.54. The second-order valence-corrected chi connectivity index (χ2v) is 8.68. The van der Waals surface area contributed by atoms with Crippen LogP contribution in [0.4, 0.5) is 4.39 Å². The molecule has 2 aliphatic rings. The number of guanidine groups is 1. The molecule has 1 aromatic carbocycles. The summed E-state index contributed by atoms with van der Waals surface area (Å²) in [7, 11) is -1.31. The van der Waals surface area contributed by atoms with Crippen molar-refractivity contribution >= 4 is 27.4 Å². The van der Waals surface area contributed by atoms with E-state index >= 15 is 0 Å². The van der Waals surface area contributed by atoms with Crippen molar-refractivity contribution in [3.05, 3.63) is 34.6 Å². The molecule has 1 heterocycles. The molecule has 3 unspecified atom stereocenters. The van der Waals surface area contributed by atoms with Crippen LogP contribution in [0.15, 0.2) is 23.2 Å². The topological polar surface area (TPSA) is 70.6 Å². The number of nitrogens with zero attached hydrogens (tertiary/aromatic N) is 1. The van der Waals surface area contributed by atoms with Crippen LogP contribution in [-0.2, 0) is 9.84 Å². The van der Waals surface area contributed by atoms with Crippen LogP contribution in [-0.4, -0.2) is 45.0 Å². The van der Waals surface area contributed by atoms with Gasteiger partial charge in [-0.3, -0.25) is 4.99 Å². The van der Waals surface area contributed by atoms with Crippen LogP contribution in [0.5, 0.6) is 0 Å². The lowest BCUT2D eigenvalue weighted by atomic mass is 10.1. The third-order valence-electron chi connectivity index (χ3n) is 4.28. The fourth-order valence-corrected chi connectivity index (χ4v) is 4.96. The van der Waals surface area contributed by atoms with Crippen LogP contribution in [0.2, 0.25) is 5.02 Å². The Balaban J connectivity index is 1.60. The molecule has 0 spiro atoms. The molecule has 1 saturated heterocycles. The van der Waals surface area contributed by atoms with Crippen molar-refractivity contribution in [2.24, 2.45) is 4.99 Å². The number of nitrogens with one attached hydrogen (secondary N) is 2. The molecule has 2 N–H and O–H groups in total. The lowest BCUT2D eigenvalue weighted by molar-refractivity contribution is 0.598. The molecule has 0 bridgehead atoms. The molecule has 126 valence electrons. The van der Waals surface area contributed by atoms with Crippen molar-refractivity contribution in [1.82, 2.24) is 10.6 Å². The van der Waals surface area contributed by atoms with Crippen LogP contribution in [0.1, 0.15) is 24.3 Å². The molecule has 1 aromatic rings. The van der Waals surface area contributed by atoms with Gasteiger partial charge in [-0.05, 0) is 25.0 Å². The molecule has 2 fully saturated rings. The molecule has 0 radical (unpaired) electrons. The first kappa shape index (κ1) is 16.5. The highest BCUT2D eigenvalue weighted by Crippen LogP contribution is 2.44. The predicted molar refractivity (Wildman–Crippen MR) is 89.2 cm³/mol. The monoisotopic (exact) mass is 359 g/mol. The Bertz CT molecular complexity index is 718. The fraction of sp³-hybridized carbons (Fsp3) is 0.533. The number of aliphatic imine (C=N–C) groups is 1. The van der Waals surface area contributed by atoms with Crippen molar-refractivity contribution in [3.63, 3.8) is 0 Å². The molecule has 1 aliphatic heterocycles. The van der Waals surface area contributed by atoms with Gasteiger partial charge in [0.2, 0.25) is 0 Å². The van der Waals surface area contributed by atoms with E-state index in [2.05, 4.69) is 15.6 Å². The van der Waals surface area contributed by atoms with Crippen LogP contribution >= 0.6 is 11.6 Å². The van der Waals surface area contributed by atoms with Crippen molar-refractivity contribution in [1.29, 1.82) is 0 Å². The minimum Gasteiger partial charge on any atom is -0.353 e. The smallest absolute Gasteiger partial charge is 0.191 e. The van der Waals surface area contributed by atoms with Gasteiger partial charge in [-0.25, -0.2) is 12.8 Å². The standard InChI is InChI=1S/C15H19ClFN3O2S/c1-18-15(19-9-5-6-23(21,22)8-9)20-13-7-10(13)14-11(16)3-2-4-12(14)17/h2-4,9-10,13H,5-8H2,1H3,(H2,18,19,20). The summed E-state index contributed by atoms with van der Waals surface area (Å²) in [5.74, 6) is 0.595. The number of halogens is 2. The number of hydrogen-bond acceptors (Lipinski definition) is 3. The molecule has 8 heteroatoms. The van der Waals surface area contributed by atoms with Gasteiger partial charge in [0.05, 0.1) is 11.5 Å². The average Bonchev–Trinajstić information content (AvgIpc) is 3.13. The first-order valence-corrected chi connectivity index (χ1v) is 9.74. The Morgan fingerprint density at radius 3 is 2.78 bits per heavy atom. The zero-order valence-electron chi connectivity index (χ0n) is 12.7. The summed E-state index contributed by atoms with van der Waals surface area (Å²) in [6.07, 6.45) is 1.35. The van der Waals surface area contributed by atoms with Crippen LogP contribution in [0, 0.1) is 5.82 Å². The third kappa shape index (κ3) is 3.77. The van der Waals surface area contributed by atoms with Gasteiger partial charge < -0.3 is 10.6 Å². The van der Waals surface area contributed by atoms with Gasteiger partial charge in [0.1, 0.15) is 5.82 Å². The lowest BCUT2D eigenvalue weighted by Crippen LogP contribution is -2.45. The van der Waals surface area contributed by atoms with Gasteiger partial charge in [0.25, 0.3) is 0 Å². The molecular weight excluding hydrogens is 341 g/mol. The average molecular weight is 360 g/mol. The SMILES string of the molecule is CN=C(NC1CCS(=O)(=O)C1)NC1CC1c1c(F)cccc1Cl. The summed E-state index contributed by atoms with van der Waals surface area (Å²) >= 11 is 6.09. The van der Waals surface area contributed by atoms with E-state index in [0.717, 1.165) is 6.42 Å². The lowest BCUT2D eigenvalue weighted by Gasteiger charge is -2.16. The number of sulfone groups is 1. The van der Waals surface area contributed by atoms with Crippen molar-refractivity contribution in [2.45, 2.75) is 30.8 Å². The van der Waals surface area contributed by atoms with Crippen molar-refractivity contribution in [3.8, 4) is 0 Å². The Hall–Kier alpha value is -1.34. The van der Waals surface area contributed by atoms with E-state index in [0.29, 0.717) is 23.0 Å². The Labute approximate surface area is 140 Å². The van der Waals surface area contributed by atoms with E-state index in [1.54, 1.807) is 19.2 Å². The highest BCUT2D eigenvalue weighted by molar-refractivity contribution is 7.91. The maximum Gasteiger partial charge on any atom is 0.191 e. The second-order valence-electron chi connectivity index (χ2n) is 6.04. The quantitative estimate of drug-likeness (QED) is 0.636. The maximum absolute atomic E-state index is 13.9. The molecular formula is C15H19ClFN3O2S. The minimum atomic E-state index is -2.94. The molecule has 1 aliphatic carbocycles. The number of benzene rings is 1. The normalized spacial score (nSPS) is 29.3. The maximum atomic E-state index is 13.9. The Kier molecular flexibility index (Phi) is 4.51. The van der Waals surface area contributed by atoms with Crippen molar-refractivity contribution < 1.29 is 12.8 Å². The van der Waals surface area contributed by atoms with Crippen molar-refractivity contribution in [2.75, 3.05) is 18.6 Å². The zero-order valence-corrected chi connectivity index (χ0v) is 14.3. The van der Waals surface area contributed by atoms with Crippen LogP contribution in [0.25, 0.3) is 0 Å².